The standard InChI is InChI=1S/C13H20/c1-2-3-13-6-8-4-10(8)11-5-9(7-13)12(11)13/h8-12H,2-7H2,1H3. The quantitative estimate of drug-likeness (QED) is 0.604. The molecule has 0 N–H and O–H groups in total. The van der Waals surface area contributed by atoms with Crippen molar-refractivity contribution in [2.24, 2.45) is 35.0 Å². The van der Waals surface area contributed by atoms with Gasteiger partial charge in [-0.3, -0.25) is 0 Å². The fourth-order valence-corrected chi connectivity index (χ4v) is 5.54. The van der Waals surface area contributed by atoms with Crippen LogP contribution in [-0.2, 0) is 0 Å². The topological polar surface area (TPSA) is 0 Å². The van der Waals surface area contributed by atoms with Gasteiger partial charge in [0, 0.05) is 0 Å². The summed E-state index contributed by atoms with van der Waals surface area (Å²) in [5.74, 6) is 6.10. The zero-order chi connectivity index (χ0) is 8.63. The molecule has 0 bridgehead atoms. The maximum Gasteiger partial charge on any atom is -0.0258 e. The lowest BCUT2D eigenvalue weighted by molar-refractivity contribution is -0.202. The van der Waals surface area contributed by atoms with Crippen molar-refractivity contribution >= 4 is 0 Å². The third kappa shape index (κ3) is 0.680. The van der Waals surface area contributed by atoms with Gasteiger partial charge in [-0.1, -0.05) is 13.3 Å². The van der Waals surface area contributed by atoms with Crippen LogP contribution >= 0.6 is 0 Å². The first-order valence-electron chi connectivity index (χ1n) is 6.34. The largest absolute Gasteiger partial charge is 0.0654 e. The van der Waals surface area contributed by atoms with Gasteiger partial charge in [-0.25, -0.2) is 0 Å². The van der Waals surface area contributed by atoms with Crippen molar-refractivity contribution < 1.29 is 0 Å². The number of hydrogen-bond donors (Lipinski definition) is 0. The van der Waals surface area contributed by atoms with Crippen molar-refractivity contribution in [2.75, 3.05) is 0 Å². The molecule has 13 heavy (non-hydrogen) atoms. The van der Waals surface area contributed by atoms with Crippen molar-refractivity contribution in [3.05, 3.63) is 0 Å². The van der Waals surface area contributed by atoms with Crippen LogP contribution in [0.15, 0.2) is 0 Å². The van der Waals surface area contributed by atoms with Gasteiger partial charge in [0.15, 0.2) is 0 Å². The molecule has 0 aromatic carbocycles. The zero-order valence-corrected chi connectivity index (χ0v) is 8.63. The van der Waals surface area contributed by atoms with Crippen LogP contribution in [-0.4, -0.2) is 0 Å². The molecule has 0 heteroatoms. The predicted octanol–water partition coefficient (Wildman–Crippen LogP) is 3.47. The van der Waals surface area contributed by atoms with E-state index >= 15 is 0 Å². The van der Waals surface area contributed by atoms with Crippen LogP contribution in [0.2, 0.25) is 0 Å². The Morgan fingerprint density at radius 2 is 1.85 bits per heavy atom. The average molecular weight is 176 g/mol. The van der Waals surface area contributed by atoms with Crippen LogP contribution in [0.4, 0.5) is 0 Å². The van der Waals surface area contributed by atoms with E-state index in [2.05, 4.69) is 6.92 Å². The highest BCUT2D eigenvalue weighted by atomic mass is 14.8. The molecule has 4 aliphatic carbocycles. The van der Waals surface area contributed by atoms with Crippen LogP contribution in [0.1, 0.15) is 45.4 Å². The molecule has 6 unspecified atom stereocenters. The Kier molecular flexibility index (Phi) is 1.12. The second-order valence-corrected chi connectivity index (χ2v) is 6.37. The van der Waals surface area contributed by atoms with Crippen LogP contribution in [0.25, 0.3) is 0 Å². The second-order valence-electron chi connectivity index (χ2n) is 6.37. The zero-order valence-electron chi connectivity index (χ0n) is 8.63. The maximum absolute atomic E-state index is 2.38. The molecule has 72 valence electrons. The molecule has 4 saturated carbocycles. The molecule has 0 aromatic rings. The Morgan fingerprint density at radius 1 is 1.08 bits per heavy atom. The van der Waals surface area contributed by atoms with E-state index in [0.29, 0.717) is 0 Å². The minimum Gasteiger partial charge on any atom is -0.0654 e. The highest BCUT2D eigenvalue weighted by molar-refractivity contribution is 5.19. The van der Waals surface area contributed by atoms with Crippen molar-refractivity contribution in [3.63, 3.8) is 0 Å². The Bertz CT molecular complexity index is 253. The van der Waals surface area contributed by atoms with E-state index in [0.717, 1.165) is 5.41 Å². The minimum atomic E-state index is 0.903. The molecule has 0 aliphatic heterocycles. The molecule has 4 fully saturated rings. The van der Waals surface area contributed by atoms with Crippen LogP contribution in [0.3, 0.4) is 0 Å². The van der Waals surface area contributed by atoms with Gasteiger partial charge in [0.2, 0.25) is 0 Å². The smallest absolute Gasteiger partial charge is 0.0258 e. The molecule has 4 aliphatic rings. The lowest BCUT2D eigenvalue weighted by atomic mass is 9.36. The molecule has 0 aromatic heterocycles. The molecule has 6 atom stereocenters. The van der Waals surface area contributed by atoms with E-state index < -0.39 is 0 Å². The van der Waals surface area contributed by atoms with Gasteiger partial charge in [0.25, 0.3) is 0 Å². The fraction of sp³-hybridized carbons (Fsp3) is 1.00. The van der Waals surface area contributed by atoms with Crippen molar-refractivity contribution in [2.45, 2.75) is 45.4 Å². The normalized spacial score (nSPS) is 65.8. The van der Waals surface area contributed by atoms with Gasteiger partial charge in [0.1, 0.15) is 0 Å². The Morgan fingerprint density at radius 3 is 2.62 bits per heavy atom. The van der Waals surface area contributed by atoms with Crippen molar-refractivity contribution in [3.8, 4) is 0 Å². The van der Waals surface area contributed by atoms with Gasteiger partial charge in [-0.15, -0.1) is 0 Å². The molecular formula is C13H20. The van der Waals surface area contributed by atoms with Crippen LogP contribution in [0.5, 0.6) is 0 Å². The Hall–Kier alpha value is 0. The average Bonchev–Trinajstić information content (AvgIpc) is 2.74. The molecule has 0 amide bonds. The van der Waals surface area contributed by atoms with E-state index in [1.165, 1.54) is 36.0 Å². The minimum absolute atomic E-state index is 0.903. The molecule has 0 saturated heterocycles. The summed E-state index contributed by atoms with van der Waals surface area (Å²) in [6.45, 7) is 2.38. The number of hydrogen-bond acceptors (Lipinski definition) is 0. The monoisotopic (exact) mass is 176 g/mol. The second kappa shape index (κ2) is 1.99. The summed E-state index contributed by atoms with van der Waals surface area (Å²) < 4.78 is 0. The van der Waals surface area contributed by atoms with E-state index in [9.17, 15) is 0 Å². The van der Waals surface area contributed by atoms with Crippen LogP contribution < -0.4 is 0 Å². The van der Waals surface area contributed by atoms with Gasteiger partial charge in [-0.2, -0.15) is 0 Å². The highest BCUT2D eigenvalue weighted by Gasteiger charge is 2.71. The summed E-state index contributed by atoms with van der Waals surface area (Å²) in [5.41, 5.74) is 0.903. The van der Waals surface area contributed by atoms with Crippen LogP contribution in [0, 0.1) is 35.0 Å². The highest BCUT2D eigenvalue weighted by Crippen LogP contribution is 2.78. The van der Waals surface area contributed by atoms with Gasteiger partial charge in [0.05, 0.1) is 0 Å². The summed E-state index contributed by atoms with van der Waals surface area (Å²) in [7, 11) is 0. The first kappa shape index (κ1) is 7.31. The molecule has 0 spiro atoms. The summed E-state index contributed by atoms with van der Waals surface area (Å²) in [4.78, 5) is 0. The Labute approximate surface area is 81.1 Å². The summed E-state index contributed by atoms with van der Waals surface area (Å²) in [5, 5.41) is 0. The summed E-state index contributed by atoms with van der Waals surface area (Å²) >= 11 is 0. The maximum atomic E-state index is 2.38. The third-order valence-electron chi connectivity index (χ3n) is 5.86. The van der Waals surface area contributed by atoms with E-state index in [4.69, 9.17) is 0 Å². The van der Waals surface area contributed by atoms with E-state index in [1.807, 2.05) is 0 Å². The van der Waals surface area contributed by atoms with Gasteiger partial charge >= 0.3 is 0 Å². The molecule has 0 nitrogen and oxygen atoms in total. The predicted molar refractivity (Wildman–Crippen MR) is 53.3 cm³/mol. The SMILES string of the molecule is CCCC12CC3CC3C3CC(C1)C32. The third-order valence-corrected chi connectivity index (χ3v) is 5.86. The molecular weight excluding hydrogens is 156 g/mol. The molecule has 4 rings (SSSR count). The first-order valence-corrected chi connectivity index (χ1v) is 6.34. The van der Waals surface area contributed by atoms with E-state index in [1.54, 1.807) is 32.1 Å². The first-order chi connectivity index (χ1) is 6.34. The summed E-state index contributed by atoms with van der Waals surface area (Å²) in [6, 6.07) is 0. The van der Waals surface area contributed by atoms with Gasteiger partial charge < -0.3 is 0 Å². The number of fused-ring (bicyclic) bond motifs is 2. The molecule has 0 heterocycles. The van der Waals surface area contributed by atoms with Crippen molar-refractivity contribution in [1.29, 1.82) is 0 Å². The summed E-state index contributed by atoms with van der Waals surface area (Å²) in [6.07, 6.45) is 9.53. The fourth-order valence-electron chi connectivity index (χ4n) is 5.54. The lowest BCUT2D eigenvalue weighted by Gasteiger charge is -2.69. The Balaban J connectivity index is 1.65. The van der Waals surface area contributed by atoms with Gasteiger partial charge in [-0.05, 0) is 67.1 Å². The van der Waals surface area contributed by atoms with Crippen molar-refractivity contribution in [1.82, 2.24) is 0 Å². The number of rotatable bonds is 2. The lowest BCUT2D eigenvalue weighted by Crippen LogP contribution is -2.62. The van der Waals surface area contributed by atoms with E-state index in [-0.39, 0.29) is 0 Å². The molecule has 0 radical (unpaired) electrons.